The third-order valence-electron chi connectivity index (χ3n) is 0.887. The molecule has 0 aromatic rings. The number of rotatable bonds is 2. The lowest BCUT2D eigenvalue weighted by atomic mass is 10.3. The smallest absolute Gasteiger partial charge is 0.0247 e. The molecule has 0 aromatic carbocycles. The molecule has 0 unspecified atom stereocenters. The summed E-state index contributed by atoms with van der Waals surface area (Å²) in [6.07, 6.45) is 1.96. The van der Waals surface area contributed by atoms with Crippen molar-refractivity contribution in [3.8, 4) is 0 Å². The Kier molecular flexibility index (Phi) is 5.68. The summed E-state index contributed by atoms with van der Waals surface area (Å²) in [6, 6.07) is 0. The van der Waals surface area contributed by atoms with E-state index in [9.17, 15) is 0 Å². The summed E-state index contributed by atoms with van der Waals surface area (Å²) >= 11 is 9.79. The fourth-order valence-corrected chi connectivity index (χ4v) is 0.907. The summed E-state index contributed by atoms with van der Waals surface area (Å²) in [5.74, 6) is 0. The second kappa shape index (κ2) is 5.33. The summed E-state index contributed by atoms with van der Waals surface area (Å²) in [4.78, 5) is 1.80. The van der Waals surface area contributed by atoms with Crippen LogP contribution in [0.5, 0.6) is 0 Å². The molecule has 0 atom stereocenters. The van der Waals surface area contributed by atoms with Gasteiger partial charge in [0, 0.05) is 8.96 Å². The molecule has 10 heavy (non-hydrogen) atoms. The number of hydrogen-bond donors (Lipinski definition) is 0. The van der Waals surface area contributed by atoms with E-state index in [4.69, 9.17) is 0 Å². The average Bonchev–Trinajstić information content (AvgIpc) is 1.87. The van der Waals surface area contributed by atoms with E-state index in [1.165, 1.54) is 0 Å². The molecule has 56 valence electrons. The van der Waals surface area contributed by atoms with Crippen LogP contribution in [0, 0.1) is 0 Å². The molecule has 0 N–H and O–H groups in total. The first kappa shape index (κ1) is 10.7. The van der Waals surface area contributed by atoms with Crippen LogP contribution in [0.2, 0.25) is 0 Å². The topological polar surface area (TPSA) is 0 Å². The minimum Gasteiger partial charge on any atom is -0.0845 e. The lowest BCUT2D eigenvalue weighted by Crippen LogP contribution is -1.71. The highest BCUT2D eigenvalue weighted by Gasteiger charge is 1.90. The Morgan fingerprint density at radius 3 is 2.20 bits per heavy atom. The first-order chi connectivity index (χ1) is 4.57. The molecule has 0 aromatic heterocycles. The number of hydrogen-bond acceptors (Lipinski definition) is 0. The molecule has 0 nitrogen and oxygen atoms in total. The Morgan fingerprint density at radius 1 is 1.40 bits per heavy atom. The van der Waals surface area contributed by atoms with Crippen LogP contribution in [0.25, 0.3) is 0 Å². The van der Waals surface area contributed by atoms with Crippen molar-refractivity contribution in [3.05, 3.63) is 32.2 Å². The molecule has 0 aliphatic heterocycles. The van der Waals surface area contributed by atoms with Gasteiger partial charge in [0.2, 0.25) is 0 Å². The van der Waals surface area contributed by atoms with Crippen LogP contribution in [0.1, 0.15) is 6.92 Å². The summed E-state index contributed by atoms with van der Waals surface area (Å²) in [6.45, 7) is 5.71. The molecule has 0 rings (SSSR count). The maximum atomic E-state index is 3.73. The molecule has 0 fully saturated rings. The Labute approximate surface area is 86.5 Å². The van der Waals surface area contributed by atoms with Crippen molar-refractivity contribution in [1.82, 2.24) is 0 Å². The van der Waals surface area contributed by atoms with Gasteiger partial charge in [0.1, 0.15) is 0 Å². The second-order valence-corrected chi connectivity index (χ2v) is 4.06. The van der Waals surface area contributed by atoms with Gasteiger partial charge in [0.15, 0.2) is 0 Å². The van der Waals surface area contributed by atoms with Gasteiger partial charge in [0.05, 0.1) is 0 Å². The van der Waals surface area contributed by atoms with E-state index in [-0.39, 0.29) is 0 Å². The zero-order valence-corrected chi connectivity index (χ0v) is 10.3. The number of halogens is 3. The van der Waals surface area contributed by atoms with Crippen molar-refractivity contribution < 1.29 is 0 Å². The average molecular weight is 331 g/mol. The highest BCUT2D eigenvalue weighted by Crippen LogP contribution is 2.19. The fraction of sp³-hybridized carbons (Fsp3) is 0.143. The van der Waals surface area contributed by atoms with Crippen molar-refractivity contribution in [2.45, 2.75) is 6.92 Å². The minimum absolute atomic E-state index is 0.902. The SMILES string of the molecule is C=C(Br)/C(C)=C\C(Br)=C\Br. The summed E-state index contributed by atoms with van der Waals surface area (Å²) in [7, 11) is 0. The molecule has 0 radical (unpaired) electrons. The van der Waals surface area contributed by atoms with Crippen molar-refractivity contribution in [1.29, 1.82) is 0 Å². The normalized spacial score (nSPS) is 13.6. The molecule has 0 aliphatic rings. The molecule has 0 saturated heterocycles. The van der Waals surface area contributed by atoms with Crippen LogP contribution >= 0.6 is 47.8 Å². The Balaban J connectivity index is 4.31. The van der Waals surface area contributed by atoms with Gasteiger partial charge in [-0.05, 0) is 23.6 Å². The van der Waals surface area contributed by atoms with E-state index in [1.54, 1.807) is 4.99 Å². The molecule has 0 spiro atoms. The summed E-state index contributed by atoms with van der Waals surface area (Å²) < 4.78 is 1.89. The molecule has 0 amide bonds. The summed E-state index contributed by atoms with van der Waals surface area (Å²) in [5, 5.41) is 0. The number of allylic oxidation sites excluding steroid dienone is 4. The van der Waals surface area contributed by atoms with Crippen molar-refractivity contribution in [2.24, 2.45) is 0 Å². The third-order valence-corrected chi connectivity index (χ3v) is 3.08. The van der Waals surface area contributed by atoms with Crippen LogP contribution in [-0.2, 0) is 0 Å². The van der Waals surface area contributed by atoms with E-state index in [2.05, 4.69) is 54.4 Å². The van der Waals surface area contributed by atoms with Gasteiger partial charge >= 0.3 is 0 Å². The largest absolute Gasteiger partial charge is 0.0845 e. The summed E-state index contributed by atoms with van der Waals surface area (Å²) in [5.41, 5.74) is 1.10. The lowest BCUT2D eigenvalue weighted by Gasteiger charge is -1.94. The molecular weight excluding hydrogens is 324 g/mol. The van der Waals surface area contributed by atoms with E-state index in [1.807, 2.05) is 13.0 Å². The lowest BCUT2D eigenvalue weighted by molar-refractivity contribution is 1.52. The minimum atomic E-state index is 0.902. The van der Waals surface area contributed by atoms with Gasteiger partial charge in [-0.2, -0.15) is 0 Å². The zero-order chi connectivity index (χ0) is 8.15. The third kappa shape index (κ3) is 4.47. The molecular formula is C7H7Br3. The zero-order valence-electron chi connectivity index (χ0n) is 5.50. The quantitative estimate of drug-likeness (QED) is 0.655. The highest BCUT2D eigenvalue weighted by molar-refractivity contribution is 9.14. The Morgan fingerprint density at radius 2 is 1.90 bits per heavy atom. The van der Waals surface area contributed by atoms with Gasteiger partial charge in [-0.3, -0.25) is 0 Å². The Bertz CT molecular complexity index is 189. The van der Waals surface area contributed by atoms with Crippen molar-refractivity contribution in [3.63, 3.8) is 0 Å². The van der Waals surface area contributed by atoms with Crippen LogP contribution < -0.4 is 0 Å². The monoisotopic (exact) mass is 328 g/mol. The Hall–Kier alpha value is 0.660. The molecule has 0 bridgehead atoms. The van der Waals surface area contributed by atoms with Crippen LogP contribution in [0.4, 0.5) is 0 Å². The van der Waals surface area contributed by atoms with Gasteiger partial charge in [-0.25, -0.2) is 0 Å². The molecule has 3 heteroatoms. The van der Waals surface area contributed by atoms with Gasteiger partial charge < -0.3 is 0 Å². The maximum absolute atomic E-state index is 3.73. The predicted octanol–water partition coefficient (Wildman–Crippen LogP) is 4.47. The van der Waals surface area contributed by atoms with E-state index in [0.717, 1.165) is 14.5 Å². The second-order valence-electron chi connectivity index (χ2n) is 1.73. The van der Waals surface area contributed by atoms with Gasteiger partial charge in [0.25, 0.3) is 0 Å². The predicted molar refractivity (Wildman–Crippen MR) is 57.8 cm³/mol. The molecule has 0 saturated carbocycles. The van der Waals surface area contributed by atoms with E-state index < -0.39 is 0 Å². The van der Waals surface area contributed by atoms with Crippen LogP contribution in [-0.4, -0.2) is 0 Å². The first-order valence-electron chi connectivity index (χ1n) is 2.57. The van der Waals surface area contributed by atoms with Crippen LogP contribution in [0.15, 0.2) is 32.2 Å². The van der Waals surface area contributed by atoms with E-state index >= 15 is 0 Å². The van der Waals surface area contributed by atoms with Gasteiger partial charge in [-0.15, -0.1) is 0 Å². The van der Waals surface area contributed by atoms with Crippen molar-refractivity contribution >= 4 is 47.8 Å². The maximum Gasteiger partial charge on any atom is 0.0247 e. The highest BCUT2D eigenvalue weighted by atomic mass is 79.9. The first-order valence-corrected chi connectivity index (χ1v) is 5.07. The van der Waals surface area contributed by atoms with Gasteiger partial charge in [-0.1, -0.05) is 54.4 Å². The standard InChI is InChI=1S/C7H7Br3/c1-5(6(2)9)3-7(10)4-8/h3-4H,2H2,1H3/b5-3-,7-4-. The fourth-order valence-electron chi connectivity index (χ4n) is 0.317. The van der Waals surface area contributed by atoms with E-state index in [0.29, 0.717) is 0 Å². The molecule has 0 aliphatic carbocycles. The molecule has 0 heterocycles. The van der Waals surface area contributed by atoms with Crippen molar-refractivity contribution in [2.75, 3.05) is 0 Å². The van der Waals surface area contributed by atoms with Crippen LogP contribution in [0.3, 0.4) is 0 Å².